The zero-order valence-electron chi connectivity index (χ0n) is 5.93. The molecular formula is C7H8Cl2N2. The molecule has 1 aliphatic rings. The Morgan fingerprint density at radius 1 is 1.36 bits per heavy atom. The molecule has 0 aromatic rings. The number of alkyl halides is 2. The smallest absolute Gasteiger partial charge is 0.180 e. The van der Waals surface area contributed by atoms with E-state index in [9.17, 15) is 0 Å². The summed E-state index contributed by atoms with van der Waals surface area (Å²) in [5.74, 6) is 0. The SMILES string of the molecule is N#CN=C1C(Cl)CCCC1Cl. The molecule has 0 heterocycles. The predicted octanol–water partition coefficient (Wildman–Crippen LogP) is 2.31. The van der Waals surface area contributed by atoms with Gasteiger partial charge in [-0.05, 0) is 19.3 Å². The number of halogens is 2. The molecule has 0 aromatic heterocycles. The number of hydrogen-bond donors (Lipinski definition) is 0. The van der Waals surface area contributed by atoms with Gasteiger partial charge in [-0.2, -0.15) is 10.3 Å². The molecule has 2 unspecified atom stereocenters. The van der Waals surface area contributed by atoms with Crippen LogP contribution >= 0.6 is 23.2 Å². The number of aliphatic imine (C=N–C) groups is 1. The lowest BCUT2D eigenvalue weighted by Gasteiger charge is -2.21. The summed E-state index contributed by atoms with van der Waals surface area (Å²) in [7, 11) is 0. The van der Waals surface area contributed by atoms with Crippen LogP contribution in [-0.4, -0.2) is 16.5 Å². The fourth-order valence-corrected chi connectivity index (χ4v) is 1.94. The van der Waals surface area contributed by atoms with E-state index in [0.29, 0.717) is 5.71 Å². The van der Waals surface area contributed by atoms with E-state index < -0.39 is 0 Å². The summed E-state index contributed by atoms with van der Waals surface area (Å²) in [5.41, 5.74) is 0.641. The molecular weight excluding hydrogens is 183 g/mol. The maximum atomic E-state index is 8.30. The molecule has 11 heavy (non-hydrogen) atoms. The Morgan fingerprint density at radius 2 is 1.91 bits per heavy atom. The molecule has 0 spiro atoms. The highest BCUT2D eigenvalue weighted by Gasteiger charge is 2.25. The fraction of sp³-hybridized carbons (Fsp3) is 0.714. The van der Waals surface area contributed by atoms with E-state index in [4.69, 9.17) is 28.5 Å². The van der Waals surface area contributed by atoms with Crippen LogP contribution in [0.4, 0.5) is 0 Å². The molecule has 0 aliphatic heterocycles. The zero-order valence-corrected chi connectivity index (χ0v) is 7.44. The van der Waals surface area contributed by atoms with Crippen molar-refractivity contribution in [3.63, 3.8) is 0 Å². The quantitative estimate of drug-likeness (QED) is 0.427. The van der Waals surface area contributed by atoms with Crippen LogP contribution in [0.1, 0.15) is 19.3 Å². The maximum Gasteiger partial charge on any atom is 0.205 e. The third-order valence-corrected chi connectivity index (χ3v) is 2.62. The first-order valence-corrected chi connectivity index (χ1v) is 4.37. The van der Waals surface area contributed by atoms with Crippen LogP contribution in [0.15, 0.2) is 4.99 Å². The van der Waals surface area contributed by atoms with Gasteiger partial charge in [0, 0.05) is 0 Å². The number of nitrogens with zero attached hydrogens (tertiary/aromatic N) is 2. The molecule has 1 aliphatic carbocycles. The first-order valence-electron chi connectivity index (χ1n) is 3.50. The van der Waals surface area contributed by atoms with Gasteiger partial charge in [0.1, 0.15) is 0 Å². The lowest BCUT2D eigenvalue weighted by Crippen LogP contribution is -2.29. The molecule has 2 nitrogen and oxygen atoms in total. The van der Waals surface area contributed by atoms with Crippen LogP contribution in [0, 0.1) is 11.5 Å². The Hall–Kier alpha value is -0.260. The van der Waals surface area contributed by atoms with E-state index in [1.54, 1.807) is 6.19 Å². The van der Waals surface area contributed by atoms with Gasteiger partial charge < -0.3 is 0 Å². The van der Waals surface area contributed by atoms with Crippen molar-refractivity contribution >= 4 is 28.9 Å². The first-order chi connectivity index (χ1) is 5.25. The second kappa shape index (κ2) is 3.94. The number of rotatable bonds is 0. The van der Waals surface area contributed by atoms with Crippen molar-refractivity contribution in [2.75, 3.05) is 0 Å². The summed E-state index contributed by atoms with van der Waals surface area (Å²) in [6.45, 7) is 0. The van der Waals surface area contributed by atoms with Crippen molar-refractivity contribution in [2.24, 2.45) is 4.99 Å². The van der Waals surface area contributed by atoms with Gasteiger partial charge in [0.15, 0.2) is 0 Å². The molecule has 2 atom stereocenters. The standard InChI is InChI=1S/C7H8Cl2N2/c8-5-2-1-3-6(9)7(5)11-4-10/h5-6H,1-3H2. The van der Waals surface area contributed by atoms with E-state index in [0.717, 1.165) is 19.3 Å². The second-order valence-corrected chi connectivity index (χ2v) is 3.56. The van der Waals surface area contributed by atoms with Crippen LogP contribution in [-0.2, 0) is 0 Å². The normalized spacial score (nSPS) is 31.2. The van der Waals surface area contributed by atoms with Crippen molar-refractivity contribution in [2.45, 2.75) is 30.0 Å². The predicted molar refractivity (Wildman–Crippen MR) is 46.2 cm³/mol. The molecule has 0 bridgehead atoms. The molecule has 0 saturated heterocycles. The summed E-state index contributed by atoms with van der Waals surface area (Å²) in [4.78, 5) is 3.60. The number of hydrogen-bond acceptors (Lipinski definition) is 2. The molecule has 1 rings (SSSR count). The number of nitriles is 1. The van der Waals surface area contributed by atoms with Crippen molar-refractivity contribution in [1.82, 2.24) is 0 Å². The van der Waals surface area contributed by atoms with Crippen LogP contribution in [0.5, 0.6) is 0 Å². The summed E-state index contributed by atoms with van der Waals surface area (Å²) < 4.78 is 0. The largest absolute Gasteiger partial charge is 0.205 e. The average Bonchev–Trinajstić information content (AvgIpc) is 1.97. The van der Waals surface area contributed by atoms with E-state index in [2.05, 4.69) is 4.99 Å². The van der Waals surface area contributed by atoms with Gasteiger partial charge in [0.25, 0.3) is 0 Å². The Labute approximate surface area is 75.8 Å². The maximum absolute atomic E-state index is 8.30. The molecule has 0 radical (unpaired) electrons. The molecule has 0 amide bonds. The Kier molecular flexibility index (Phi) is 3.16. The fourth-order valence-electron chi connectivity index (χ4n) is 1.17. The summed E-state index contributed by atoms with van der Waals surface area (Å²) in [6, 6.07) is 0. The molecule has 0 aromatic carbocycles. The van der Waals surface area contributed by atoms with Gasteiger partial charge in [-0.15, -0.1) is 23.2 Å². The zero-order chi connectivity index (χ0) is 8.27. The van der Waals surface area contributed by atoms with Crippen LogP contribution < -0.4 is 0 Å². The van der Waals surface area contributed by atoms with Crippen LogP contribution in [0.3, 0.4) is 0 Å². The highest BCUT2D eigenvalue weighted by molar-refractivity contribution is 6.41. The van der Waals surface area contributed by atoms with Crippen molar-refractivity contribution in [1.29, 1.82) is 5.26 Å². The van der Waals surface area contributed by atoms with Crippen molar-refractivity contribution in [3.05, 3.63) is 0 Å². The monoisotopic (exact) mass is 190 g/mol. The van der Waals surface area contributed by atoms with E-state index >= 15 is 0 Å². The van der Waals surface area contributed by atoms with Gasteiger partial charge in [0.2, 0.25) is 6.19 Å². The third kappa shape index (κ3) is 2.08. The molecule has 4 heteroatoms. The molecule has 60 valence electrons. The first kappa shape index (κ1) is 8.83. The van der Waals surface area contributed by atoms with E-state index in [1.807, 2.05) is 0 Å². The van der Waals surface area contributed by atoms with Gasteiger partial charge in [-0.3, -0.25) is 0 Å². The van der Waals surface area contributed by atoms with Gasteiger partial charge in [0.05, 0.1) is 16.5 Å². The third-order valence-electron chi connectivity index (χ3n) is 1.74. The van der Waals surface area contributed by atoms with Crippen molar-refractivity contribution in [3.8, 4) is 6.19 Å². The topological polar surface area (TPSA) is 36.1 Å². The molecule has 0 N–H and O–H groups in total. The highest BCUT2D eigenvalue weighted by atomic mass is 35.5. The molecule has 1 saturated carbocycles. The highest BCUT2D eigenvalue weighted by Crippen LogP contribution is 2.24. The van der Waals surface area contributed by atoms with E-state index in [-0.39, 0.29) is 10.8 Å². The summed E-state index contributed by atoms with van der Waals surface area (Å²) in [6.07, 6.45) is 4.50. The minimum atomic E-state index is -0.133. The Bertz CT molecular complexity index is 195. The van der Waals surface area contributed by atoms with Crippen molar-refractivity contribution < 1.29 is 0 Å². The van der Waals surface area contributed by atoms with Gasteiger partial charge in [-0.1, -0.05) is 0 Å². The second-order valence-electron chi connectivity index (χ2n) is 2.50. The average molecular weight is 191 g/mol. The van der Waals surface area contributed by atoms with Gasteiger partial charge >= 0.3 is 0 Å². The summed E-state index contributed by atoms with van der Waals surface area (Å²) in [5, 5.41) is 8.03. The molecule has 1 fully saturated rings. The van der Waals surface area contributed by atoms with Crippen LogP contribution in [0.2, 0.25) is 0 Å². The Morgan fingerprint density at radius 3 is 2.36 bits per heavy atom. The Balaban J connectivity index is 2.72. The minimum absolute atomic E-state index is 0.133. The summed E-state index contributed by atoms with van der Waals surface area (Å²) >= 11 is 11.8. The lowest BCUT2D eigenvalue weighted by atomic mass is 9.97. The van der Waals surface area contributed by atoms with Crippen LogP contribution in [0.25, 0.3) is 0 Å². The van der Waals surface area contributed by atoms with E-state index in [1.165, 1.54) is 0 Å². The minimum Gasteiger partial charge on any atom is -0.180 e. The lowest BCUT2D eigenvalue weighted by molar-refractivity contribution is 0.675. The van der Waals surface area contributed by atoms with Gasteiger partial charge in [-0.25, -0.2) is 0 Å².